The summed E-state index contributed by atoms with van der Waals surface area (Å²) in [6, 6.07) is 16.9. The lowest BCUT2D eigenvalue weighted by Crippen LogP contribution is -2.70. The van der Waals surface area contributed by atoms with Gasteiger partial charge in [-0.05, 0) is 53.1 Å². The van der Waals surface area contributed by atoms with E-state index in [-0.39, 0.29) is 37.0 Å². The average Bonchev–Trinajstić information content (AvgIpc) is 1.76. The molecule has 4 aromatic carbocycles. The molecule has 105 heavy (non-hydrogen) atoms. The first-order valence-corrected chi connectivity index (χ1v) is 33.7. The van der Waals surface area contributed by atoms with Gasteiger partial charge in [0.05, 0.1) is 64.8 Å². The van der Waals surface area contributed by atoms with Crippen LogP contribution in [0.1, 0.15) is 29.5 Å². The Morgan fingerprint density at radius 2 is 1.10 bits per heavy atom. The highest BCUT2D eigenvalue weighted by atomic mass is 16.7. The van der Waals surface area contributed by atoms with Crippen molar-refractivity contribution >= 4 is 47.4 Å². The maximum Gasteiger partial charge on any atom is 0.246 e. The number of aliphatic hydroxyl groups excluding tert-OH is 13. The van der Waals surface area contributed by atoms with Gasteiger partial charge in [0.1, 0.15) is 133 Å². The Bertz CT molecular complexity index is 3650. The zero-order valence-corrected chi connectivity index (χ0v) is 56.3. The molecule has 38 nitrogen and oxygen atoms in total. The van der Waals surface area contributed by atoms with Crippen LogP contribution in [0.15, 0.2) is 119 Å². The van der Waals surface area contributed by atoms with Crippen molar-refractivity contribution in [1.29, 1.82) is 0 Å². The summed E-state index contributed by atoms with van der Waals surface area (Å²) in [5.74, 6) is -7.81. The molecular weight excluding hydrogens is 1390 g/mol. The van der Waals surface area contributed by atoms with Crippen molar-refractivity contribution in [2.45, 2.75) is 172 Å². The molecule has 6 heterocycles. The quantitative estimate of drug-likeness (QED) is 0.0347. The van der Waals surface area contributed by atoms with Gasteiger partial charge in [-0.15, -0.1) is 0 Å². The number of amides is 6. The topological polar surface area (TPSA) is 594 Å². The van der Waals surface area contributed by atoms with E-state index >= 15 is 9.59 Å². The summed E-state index contributed by atoms with van der Waals surface area (Å²) >= 11 is 0. The van der Waals surface area contributed by atoms with Crippen LogP contribution in [0.25, 0.3) is 0 Å². The number of hydrogen-bond donors (Lipinski definition) is 22. The number of carbonyl (C=O) groups is 6. The fourth-order valence-electron chi connectivity index (χ4n) is 12.8. The Balaban J connectivity index is 0.879. The molecule has 4 aromatic rings. The Kier molecular flexibility index (Phi) is 26.6. The SMILES string of the molecule is C[C@@H](c1ccccc1)[C@@H]1NC(=O)CNC(=O)[C@H](CO)NC(=O)[C@@H]([C@@H](O)[C@@H]2CN=C(N)N2[C@H]2O[C@H](CO)[C@@H](O)[C@H](O)[C@@H]2O)NC(=O)[C@H]([C@@H](O)[C@@H]2CN=C(N)N2)NC(=O)[C@@H](Cc2ccc(O[C@H]3O[C@H](CO)[C@@H](O[C@H]4O[C@H](COCc5ccc(Oc6ccccc6)cc5)[C@@H](O)[C@H](O)[C@@H]4O)[C@H](O)[C@@H]3O)cc2)NC1=O. The van der Waals surface area contributed by atoms with Gasteiger partial charge < -0.3 is 153 Å². The molecule has 4 saturated heterocycles. The lowest BCUT2D eigenvalue weighted by molar-refractivity contribution is -0.353. The van der Waals surface area contributed by atoms with E-state index in [0.29, 0.717) is 22.6 Å². The van der Waals surface area contributed by atoms with Crippen LogP contribution in [0.2, 0.25) is 0 Å². The van der Waals surface area contributed by atoms with Gasteiger partial charge in [0.15, 0.2) is 24.4 Å². The van der Waals surface area contributed by atoms with E-state index in [1.807, 2.05) is 18.2 Å². The molecular formula is C67H88N12O26. The molecule has 0 unspecified atom stereocenters. The predicted molar refractivity (Wildman–Crippen MR) is 359 cm³/mol. The highest BCUT2D eigenvalue weighted by Crippen LogP contribution is 2.33. The van der Waals surface area contributed by atoms with Crippen LogP contribution in [-0.2, 0) is 65.5 Å². The normalized spacial score (nSPS) is 34.0. The summed E-state index contributed by atoms with van der Waals surface area (Å²) in [6.07, 6.45) is -31.6. The maximum atomic E-state index is 15.2. The van der Waals surface area contributed by atoms with Gasteiger partial charge in [-0.25, -0.2) is 0 Å². The standard InChI is InChI=1S/C67H88N12O26/c1-29(32-8-4-2-5-9-32)44-60(96)73-36(20-30-12-16-35(17-13-30)101-64-56(93)53(90)57(41(26-82)103-64)105-65-55(92)52(89)50(87)42(104-65)28-99-27-31-14-18-34(19-15-31)100-33-10-6-3-7-11-33)59(95)77-45(47(84)37-21-71-66(68)75-37)62(98)78-46(61(97)74-38(24-80)58(94)70-23-43(83)76-44)48(85)39-22-72-67(69)79(39)63-54(91)51(88)49(86)40(25-81)102-63/h2-19,29,36-42,44-57,63-65,80-82,84-93H,20-28H2,1H3,(H2,69,72)(H,70,94)(H,73,96)(H,74,97)(H,76,83)(H,77,95)(H,78,98)(H3,68,71,75)/t29-,36+,37-,38-,39-,40+,41+,42+,44-,45-,46+,47-,48-,49+,50+,51-,52-,53+,54-,55-,56-,57+,63-,64-,65+/m0/s1. The summed E-state index contributed by atoms with van der Waals surface area (Å²) in [6.45, 7) is -3.48. The van der Waals surface area contributed by atoms with Crippen molar-refractivity contribution in [2.24, 2.45) is 21.5 Å². The number of nitrogens with one attached hydrogen (secondary N) is 7. The average molecular weight is 1480 g/mol. The third kappa shape index (κ3) is 18.7. The van der Waals surface area contributed by atoms with Crippen LogP contribution in [0.4, 0.5) is 0 Å². The first-order valence-electron chi connectivity index (χ1n) is 33.7. The third-order valence-corrected chi connectivity index (χ3v) is 18.8. The van der Waals surface area contributed by atoms with Crippen LogP contribution < -0.4 is 58.2 Å². The summed E-state index contributed by atoms with van der Waals surface area (Å²) in [5.41, 5.74) is 13.6. The van der Waals surface area contributed by atoms with Crippen molar-refractivity contribution in [3.8, 4) is 17.2 Å². The predicted octanol–water partition coefficient (Wildman–Crippen LogP) is -9.59. The molecule has 0 aromatic heterocycles. The maximum absolute atomic E-state index is 15.2. The molecule has 25 atom stereocenters. The van der Waals surface area contributed by atoms with Crippen LogP contribution in [0.5, 0.6) is 17.2 Å². The molecule has 0 bridgehead atoms. The summed E-state index contributed by atoms with van der Waals surface area (Å²) in [4.78, 5) is 96.7. The van der Waals surface area contributed by atoms with Crippen LogP contribution >= 0.6 is 0 Å². The van der Waals surface area contributed by atoms with E-state index in [4.69, 9.17) is 44.6 Å². The van der Waals surface area contributed by atoms with Crippen molar-refractivity contribution in [3.63, 3.8) is 0 Å². The molecule has 6 amide bonds. The number of ether oxygens (including phenoxy) is 7. The first-order chi connectivity index (χ1) is 50.3. The molecule has 0 spiro atoms. The number of aliphatic hydroxyl groups is 13. The lowest BCUT2D eigenvalue weighted by atomic mass is 9.92. The second-order valence-corrected chi connectivity index (χ2v) is 26.0. The molecule has 6 aliphatic heterocycles. The number of para-hydroxylation sites is 1. The second kappa shape index (κ2) is 35.5. The fourth-order valence-corrected chi connectivity index (χ4v) is 12.8. The van der Waals surface area contributed by atoms with Crippen LogP contribution in [0, 0.1) is 0 Å². The number of benzene rings is 4. The fraction of sp³-hybridized carbons (Fsp3) is 0.522. The van der Waals surface area contributed by atoms with Crippen LogP contribution in [0.3, 0.4) is 0 Å². The Hall–Kier alpha value is -8.88. The number of nitrogens with two attached hydrogens (primary N) is 2. The monoisotopic (exact) mass is 1480 g/mol. The van der Waals surface area contributed by atoms with E-state index in [2.05, 4.69) is 47.2 Å². The van der Waals surface area contributed by atoms with Gasteiger partial charge in [0.2, 0.25) is 41.7 Å². The molecule has 0 aliphatic carbocycles. The molecule has 6 aliphatic rings. The minimum Gasteiger partial charge on any atom is -0.462 e. The van der Waals surface area contributed by atoms with Crippen molar-refractivity contribution in [2.75, 3.05) is 46.1 Å². The number of carbonyl (C=O) groups excluding carboxylic acids is 6. The lowest BCUT2D eigenvalue weighted by Gasteiger charge is -2.46. The van der Waals surface area contributed by atoms with Gasteiger partial charge in [0.25, 0.3) is 0 Å². The molecule has 0 radical (unpaired) electrons. The van der Waals surface area contributed by atoms with E-state index in [1.54, 1.807) is 73.7 Å². The van der Waals surface area contributed by atoms with E-state index in [1.165, 1.54) is 24.3 Å². The molecule has 572 valence electrons. The minimum absolute atomic E-state index is 0.0207. The van der Waals surface area contributed by atoms with Gasteiger partial charge in [-0.3, -0.25) is 38.8 Å². The second-order valence-electron chi connectivity index (χ2n) is 26.0. The highest BCUT2D eigenvalue weighted by Gasteiger charge is 2.54. The number of guanidine groups is 2. The summed E-state index contributed by atoms with van der Waals surface area (Å²) < 4.78 is 40.9. The molecule has 0 saturated carbocycles. The Morgan fingerprint density at radius 1 is 0.533 bits per heavy atom. The van der Waals surface area contributed by atoms with E-state index < -0.39 is 233 Å². The first kappa shape index (κ1) is 78.7. The van der Waals surface area contributed by atoms with Crippen LogP contribution in [-0.4, -0.2) is 311 Å². The van der Waals surface area contributed by atoms with Crippen molar-refractivity contribution in [3.05, 3.63) is 126 Å². The summed E-state index contributed by atoms with van der Waals surface area (Å²) in [7, 11) is 0. The smallest absolute Gasteiger partial charge is 0.246 e. The summed E-state index contributed by atoms with van der Waals surface area (Å²) in [5, 5.41) is 161. The number of aliphatic imine (C=N–C) groups is 2. The van der Waals surface area contributed by atoms with E-state index in [0.717, 1.165) is 4.90 Å². The number of rotatable bonds is 22. The number of hydrogen-bond acceptors (Lipinski definition) is 32. The van der Waals surface area contributed by atoms with Crippen molar-refractivity contribution in [1.82, 2.24) is 42.1 Å². The zero-order chi connectivity index (χ0) is 75.5. The van der Waals surface area contributed by atoms with Crippen molar-refractivity contribution < 1.29 is 128 Å². The number of nitrogens with zero attached hydrogens (tertiary/aromatic N) is 3. The molecule has 38 heteroatoms. The molecule has 4 fully saturated rings. The minimum atomic E-state index is -2.35. The molecule has 10 rings (SSSR count). The Morgan fingerprint density at radius 3 is 1.76 bits per heavy atom. The van der Waals surface area contributed by atoms with E-state index in [9.17, 15) is 85.6 Å². The Labute approximate surface area is 598 Å². The zero-order valence-electron chi connectivity index (χ0n) is 56.3. The highest BCUT2D eigenvalue weighted by molar-refractivity contribution is 5.98. The molecule has 24 N–H and O–H groups in total. The third-order valence-electron chi connectivity index (χ3n) is 18.8. The van der Waals surface area contributed by atoms with Gasteiger partial charge in [-0.1, -0.05) is 79.7 Å². The van der Waals surface area contributed by atoms with Gasteiger partial charge in [-0.2, -0.15) is 0 Å². The largest absolute Gasteiger partial charge is 0.462 e. The van der Waals surface area contributed by atoms with Gasteiger partial charge in [0, 0.05) is 12.3 Å². The van der Waals surface area contributed by atoms with Gasteiger partial charge >= 0.3 is 0 Å².